The maximum Gasteiger partial charge on any atom is 0.249 e. The summed E-state index contributed by atoms with van der Waals surface area (Å²) < 4.78 is 0. The number of hydrogen-bond donors (Lipinski definition) is 1. The topological polar surface area (TPSA) is 49.4 Å². The van der Waals surface area contributed by atoms with Crippen LogP contribution in [0.5, 0.6) is 0 Å². The Kier molecular flexibility index (Phi) is 7.52. The smallest absolute Gasteiger partial charge is 0.249 e. The van der Waals surface area contributed by atoms with Gasteiger partial charge < -0.3 is 10.2 Å². The third-order valence-electron chi connectivity index (χ3n) is 3.84. The van der Waals surface area contributed by atoms with Crippen LogP contribution in [0.15, 0.2) is 9.59 Å². The summed E-state index contributed by atoms with van der Waals surface area (Å²) in [6, 6.07) is 0. The molecule has 0 heterocycles. The highest BCUT2D eigenvalue weighted by Crippen LogP contribution is 2.06. The van der Waals surface area contributed by atoms with Crippen molar-refractivity contribution >= 4 is 5.69 Å². The fourth-order valence-electron chi connectivity index (χ4n) is 2.36. The average Bonchev–Trinajstić information content (AvgIpc) is 2.46. The highest BCUT2D eigenvalue weighted by molar-refractivity contribution is 5.55. The van der Waals surface area contributed by atoms with E-state index in [4.69, 9.17) is 0 Å². The van der Waals surface area contributed by atoms with Gasteiger partial charge in [-0.25, -0.2) is 0 Å². The van der Waals surface area contributed by atoms with Crippen molar-refractivity contribution in [1.82, 2.24) is 4.90 Å². The SMILES string of the molecule is CCCCCCCCN(C)CCNc1c(C)c(=O)c1=O. The lowest BCUT2D eigenvalue weighted by molar-refractivity contribution is 0.335. The molecule has 114 valence electrons. The molecule has 0 unspecified atom stereocenters. The molecule has 0 aliphatic rings. The predicted octanol–water partition coefficient (Wildman–Crippen LogP) is 2.30. The van der Waals surface area contributed by atoms with Crippen LogP contribution in [0.2, 0.25) is 0 Å². The van der Waals surface area contributed by atoms with Gasteiger partial charge >= 0.3 is 0 Å². The zero-order valence-corrected chi connectivity index (χ0v) is 13.1. The van der Waals surface area contributed by atoms with Crippen molar-refractivity contribution in [3.63, 3.8) is 0 Å². The normalized spacial score (nSPS) is 11.4. The minimum atomic E-state index is -0.360. The summed E-state index contributed by atoms with van der Waals surface area (Å²) in [6.07, 6.45) is 7.87. The van der Waals surface area contributed by atoms with Gasteiger partial charge in [-0.05, 0) is 26.9 Å². The second-order valence-corrected chi connectivity index (χ2v) is 5.66. The minimum absolute atomic E-state index is 0.340. The second-order valence-electron chi connectivity index (χ2n) is 5.66. The van der Waals surface area contributed by atoms with E-state index in [1.54, 1.807) is 6.92 Å². The first kappa shape index (κ1) is 16.9. The number of rotatable bonds is 11. The van der Waals surface area contributed by atoms with Crippen molar-refractivity contribution in [3.05, 3.63) is 26.0 Å². The standard InChI is InChI=1S/C16H28N2O2/c1-4-5-6-7-8-9-11-18(3)12-10-17-14-13(2)15(19)16(14)20/h17H,4-12H2,1-3H3. The molecule has 0 saturated heterocycles. The van der Waals surface area contributed by atoms with E-state index in [1.807, 2.05) is 0 Å². The van der Waals surface area contributed by atoms with Gasteiger partial charge in [-0.1, -0.05) is 39.0 Å². The highest BCUT2D eigenvalue weighted by atomic mass is 16.2. The van der Waals surface area contributed by atoms with E-state index in [1.165, 1.54) is 38.5 Å². The lowest BCUT2D eigenvalue weighted by atomic mass is 10.1. The Morgan fingerprint density at radius 2 is 1.60 bits per heavy atom. The van der Waals surface area contributed by atoms with Crippen LogP contribution in [0.25, 0.3) is 0 Å². The molecule has 0 saturated carbocycles. The van der Waals surface area contributed by atoms with E-state index >= 15 is 0 Å². The monoisotopic (exact) mass is 280 g/mol. The van der Waals surface area contributed by atoms with E-state index in [0.717, 1.165) is 19.6 Å². The third kappa shape index (κ3) is 5.08. The Morgan fingerprint density at radius 1 is 0.950 bits per heavy atom. The molecule has 0 atom stereocenters. The van der Waals surface area contributed by atoms with Gasteiger partial charge in [0.05, 0.1) is 5.69 Å². The molecule has 0 aromatic heterocycles. The fraction of sp³-hybridized carbons (Fsp3) is 0.750. The van der Waals surface area contributed by atoms with Crippen molar-refractivity contribution in [2.45, 2.75) is 52.4 Å². The zero-order valence-electron chi connectivity index (χ0n) is 13.1. The lowest BCUT2D eigenvalue weighted by Crippen LogP contribution is -2.38. The maximum absolute atomic E-state index is 11.3. The van der Waals surface area contributed by atoms with Gasteiger partial charge in [0.25, 0.3) is 0 Å². The Balaban J connectivity index is 2.05. The molecule has 0 aliphatic carbocycles. The van der Waals surface area contributed by atoms with Crippen LogP contribution in [0, 0.1) is 6.92 Å². The number of likely N-dealkylation sites (N-methyl/N-ethyl adjacent to an activating group) is 1. The van der Waals surface area contributed by atoms with E-state index in [-0.39, 0.29) is 10.9 Å². The van der Waals surface area contributed by atoms with Crippen LogP contribution in [0.1, 0.15) is 51.0 Å². The molecule has 0 radical (unpaired) electrons. The Hall–Kier alpha value is -1.16. The summed E-state index contributed by atoms with van der Waals surface area (Å²) in [5, 5.41) is 3.07. The largest absolute Gasteiger partial charge is 0.380 e. The number of unbranched alkanes of at least 4 members (excludes halogenated alkanes) is 5. The lowest BCUT2D eigenvalue weighted by Gasteiger charge is -2.18. The molecule has 0 amide bonds. The van der Waals surface area contributed by atoms with Crippen LogP contribution < -0.4 is 16.2 Å². The molecule has 4 heteroatoms. The van der Waals surface area contributed by atoms with Gasteiger partial charge in [-0.15, -0.1) is 0 Å². The average molecular weight is 280 g/mol. The second kappa shape index (κ2) is 8.90. The van der Waals surface area contributed by atoms with Crippen molar-refractivity contribution in [1.29, 1.82) is 0 Å². The van der Waals surface area contributed by atoms with E-state index < -0.39 is 0 Å². The Bertz CT molecular complexity index is 461. The summed E-state index contributed by atoms with van der Waals surface area (Å²) in [5.74, 6) is 0. The van der Waals surface area contributed by atoms with E-state index in [2.05, 4.69) is 24.2 Å². The van der Waals surface area contributed by atoms with Crippen molar-refractivity contribution in [2.75, 3.05) is 32.0 Å². The van der Waals surface area contributed by atoms with Crippen LogP contribution in [0.3, 0.4) is 0 Å². The van der Waals surface area contributed by atoms with Crippen LogP contribution in [-0.4, -0.2) is 31.6 Å². The molecular weight excluding hydrogens is 252 g/mol. The Morgan fingerprint density at radius 3 is 2.25 bits per heavy atom. The van der Waals surface area contributed by atoms with Crippen molar-refractivity contribution in [2.24, 2.45) is 0 Å². The number of hydrogen-bond acceptors (Lipinski definition) is 4. The van der Waals surface area contributed by atoms with Gasteiger partial charge in [-0.3, -0.25) is 9.59 Å². The molecule has 4 nitrogen and oxygen atoms in total. The van der Waals surface area contributed by atoms with Gasteiger partial charge in [0.15, 0.2) is 0 Å². The molecule has 1 aromatic carbocycles. The van der Waals surface area contributed by atoms with Crippen LogP contribution >= 0.6 is 0 Å². The first-order valence-corrected chi connectivity index (χ1v) is 7.80. The molecule has 1 aromatic rings. The number of nitrogens with zero attached hydrogens (tertiary/aromatic N) is 1. The molecule has 1 N–H and O–H groups in total. The highest BCUT2D eigenvalue weighted by Gasteiger charge is 2.15. The van der Waals surface area contributed by atoms with E-state index in [0.29, 0.717) is 11.3 Å². The van der Waals surface area contributed by atoms with Crippen LogP contribution in [-0.2, 0) is 0 Å². The zero-order chi connectivity index (χ0) is 15.0. The van der Waals surface area contributed by atoms with Gasteiger partial charge in [0.2, 0.25) is 10.9 Å². The van der Waals surface area contributed by atoms with Crippen molar-refractivity contribution in [3.8, 4) is 0 Å². The van der Waals surface area contributed by atoms with Gasteiger partial charge in [0, 0.05) is 18.7 Å². The molecule has 20 heavy (non-hydrogen) atoms. The minimum Gasteiger partial charge on any atom is -0.380 e. The molecular formula is C16H28N2O2. The van der Waals surface area contributed by atoms with Crippen LogP contribution in [0.4, 0.5) is 5.69 Å². The predicted molar refractivity (Wildman–Crippen MR) is 85.5 cm³/mol. The first-order chi connectivity index (χ1) is 9.57. The van der Waals surface area contributed by atoms with Crippen molar-refractivity contribution < 1.29 is 0 Å². The summed E-state index contributed by atoms with van der Waals surface area (Å²) in [5.41, 5.74) is 0.394. The number of anilines is 1. The first-order valence-electron chi connectivity index (χ1n) is 7.80. The summed E-state index contributed by atoms with van der Waals surface area (Å²) in [6.45, 7) is 6.65. The Labute approximate surface area is 121 Å². The summed E-state index contributed by atoms with van der Waals surface area (Å²) in [4.78, 5) is 24.6. The molecule has 1 rings (SSSR count). The molecule has 0 bridgehead atoms. The summed E-state index contributed by atoms with van der Waals surface area (Å²) >= 11 is 0. The summed E-state index contributed by atoms with van der Waals surface area (Å²) in [7, 11) is 2.10. The quantitative estimate of drug-likeness (QED) is 0.499. The molecule has 0 aliphatic heterocycles. The fourth-order valence-corrected chi connectivity index (χ4v) is 2.36. The van der Waals surface area contributed by atoms with Gasteiger partial charge in [0.1, 0.15) is 0 Å². The van der Waals surface area contributed by atoms with E-state index in [9.17, 15) is 9.59 Å². The molecule has 0 fully saturated rings. The molecule has 0 spiro atoms. The third-order valence-corrected chi connectivity index (χ3v) is 3.84. The van der Waals surface area contributed by atoms with Gasteiger partial charge in [-0.2, -0.15) is 0 Å². The maximum atomic E-state index is 11.3. The number of nitrogens with one attached hydrogen (secondary N) is 1.